The molecule has 0 saturated carbocycles. The van der Waals surface area contributed by atoms with E-state index in [-0.39, 0.29) is 0 Å². The zero-order valence-corrected chi connectivity index (χ0v) is 14.5. The Morgan fingerprint density at radius 3 is 2.46 bits per heavy atom. The highest BCUT2D eigenvalue weighted by atomic mass is 16.5. The van der Waals surface area contributed by atoms with Crippen molar-refractivity contribution in [3.63, 3.8) is 0 Å². The van der Waals surface area contributed by atoms with Crippen molar-refractivity contribution in [2.24, 2.45) is 0 Å². The summed E-state index contributed by atoms with van der Waals surface area (Å²) in [5, 5.41) is 0. The summed E-state index contributed by atoms with van der Waals surface area (Å²) in [6, 6.07) is 7.99. The Labute approximate surface area is 143 Å². The van der Waals surface area contributed by atoms with Crippen molar-refractivity contribution in [2.45, 2.75) is 13.5 Å². The standard InChI is InChI=1S/C18H24N4O2/c1-14-10-18(20-13-19-14)22-8-6-21(7-9-22)12-15-11-16(23-2)4-5-17(15)24-3/h4-5,10-11,13H,6-9,12H2,1-3H3. The molecule has 0 atom stereocenters. The first kappa shape index (κ1) is 16.5. The van der Waals surface area contributed by atoms with Gasteiger partial charge in [-0.15, -0.1) is 0 Å². The van der Waals surface area contributed by atoms with E-state index in [4.69, 9.17) is 9.47 Å². The van der Waals surface area contributed by atoms with Gasteiger partial charge in [-0.3, -0.25) is 4.90 Å². The first-order valence-electron chi connectivity index (χ1n) is 8.16. The van der Waals surface area contributed by atoms with Crippen molar-refractivity contribution in [1.82, 2.24) is 14.9 Å². The van der Waals surface area contributed by atoms with Crippen molar-refractivity contribution in [3.05, 3.63) is 41.9 Å². The Hall–Kier alpha value is -2.34. The molecule has 2 heterocycles. The normalized spacial score (nSPS) is 15.4. The predicted octanol–water partition coefficient (Wildman–Crippen LogP) is 2.12. The molecule has 1 aliphatic rings. The molecule has 0 radical (unpaired) electrons. The molecule has 1 aromatic heterocycles. The van der Waals surface area contributed by atoms with Crippen molar-refractivity contribution < 1.29 is 9.47 Å². The molecule has 6 heteroatoms. The lowest BCUT2D eigenvalue weighted by Crippen LogP contribution is -2.46. The molecule has 1 aliphatic heterocycles. The van der Waals surface area contributed by atoms with Crippen LogP contribution in [0.3, 0.4) is 0 Å². The van der Waals surface area contributed by atoms with Gasteiger partial charge in [0.05, 0.1) is 14.2 Å². The number of hydrogen-bond acceptors (Lipinski definition) is 6. The molecule has 3 rings (SSSR count). The molecule has 1 saturated heterocycles. The molecule has 0 bridgehead atoms. The third kappa shape index (κ3) is 3.76. The maximum absolute atomic E-state index is 5.48. The smallest absolute Gasteiger partial charge is 0.132 e. The van der Waals surface area contributed by atoms with Crippen LogP contribution >= 0.6 is 0 Å². The summed E-state index contributed by atoms with van der Waals surface area (Å²) in [6.07, 6.45) is 1.64. The van der Waals surface area contributed by atoms with Crippen LogP contribution in [0.2, 0.25) is 0 Å². The predicted molar refractivity (Wildman–Crippen MR) is 93.8 cm³/mol. The second-order valence-electron chi connectivity index (χ2n) is 5.96. The number of hydrogen-bond donors (Lipinski definition) is 0. The SMILES string of the molecule is COc1ccc(OC)c(CN2CCN(c3cc(C)ncn3)CC2)c1. The minimum absolute atomic E-state index is 0.858. The monoisotopic (exact) mass is 328 g/mol. The zero-order valence-electron chi connectivity index (χ0n) is 14.5. The number of nitrogens with zero attached hydrogens (tertiary/aromatic N) is 4. The molecule has 0 aliphatic carbocycles. The van der Waals surface area contributed by atoms with Crippen LogP contribution in [0.25, 0.3) is 0 Å². The Bertz CT molecular complexity index is 684. The van der Waals surface area contributed by atoms with Gasteiger partial charge >= 0.3 is 0 Å². The second kappa shape index (κ2) is 7.49. The van der Waals surface area contributed by atoms with E-state index in [1.807, 2.05) is 25.1 Å². The Balaban J connectivity index is 1.63. The number of methoxy groups -OCH3 is 2. The molecule has 6 nitrogen and oxygen atoms in total. The summed E-state index contributed by atoms with van der Waals surface area (Å²) < 4.78 is 10.8. The van der Waals surface area contributed by atoms with Gasteiger partial charge in [-0.2, -0.15) is 0 Å². The fraction of sp³-hybridized carbons (Fsp3) is 0.444. The highest BCUT2D eigenvalue weighted by Gasteiger charge is 2.19. The Kier molecular flexibility index (Phi) is 5.15. The Morgan fingerprint density at radius 1 is 1.00 bits per heavy atom. The third-order valence-corrected chi connectivity index (χ3v) is 4.37. The summed E-state index contributed by atoms with van der Waals surface area (Å²) in [5.74, 6) is 2.78. The van der Waals surface area contributed by atoms with Gasteiger partial charge in [0.1, 0.15) is 23.6 Å². The molecule has 0 amide bonds. The van der Waals surface area contributed by atoms with E-state index in [0.717, 1.165) is 61.3 Å². The lowest BCUT2D eigenvalue weighted by molar-refractivity contribution is 0.245. The number of ether oxygens (including phenoxy) is 2. The zero-order chi connectivity index (χ0) is 16.9. The summed E-state index contributed by atoms with van der Waals surface area (Å²) in [5.41, 5.74) is 2.16. The van der Waals surface area contributed by atoms with Crippen LogP contribution in [0.1, 0.15) is 11.3 Å². The van der Waals surface area contributed by atoms with Crippen LogP contribution in [0.15, 0.2) is 30.6 Å². The summed E-state index contributed by atoms with van der Waals surface area (Å²) in [6.45, 7) is 6.76. The van der Waals surface area contributed by atoms with Crippen LogP contribution in [0.5, 0.6) is 11.5 Å². The van der Waals surface area contributed by atoms with Crippen LogP contribution in [-0.2, 0) is 6.54 Å². The van der Waals surface area contributed by atoms with Gasteiger partial charge in [0, 0.05) is 50.0 Å². The van der Waals surface area contributed by atoms with E-state index in [0.29, 0.717) is 0 Å². The van der Waals surface area contributed by atoms with Crippen LogP contribution in [0.4, 0.5) is 5.82 Å². The van der Waals surface area contributed by atoms with E-state index in [2.05, 4.69) is 25.8 Å². The largest absolute Gasteiger partial charge is 0.497 e. The molecule has 0 spiro atoms. The number of anilines is 1. The maximum Gasteiger partial charge on any atom is 0.132 e. The van der Waals surface area contributed by atoms with Gasteiger partial charge < -0.3 is 14.4 Å². The molecule has 0 N–H and O–H groups in total. The molecular formula is C18H24N4O2. The minimum atomic E-state index is 0.858. The van der Waals surface area contributed by atoms with Gasteiger partial charge in [-0.1, -0.05) is 0 Å². The molecule has 24 heavy (non-hydrogen) atoms. The van der Waals surface area contributed by atoms with Crippen molar-refractivity contribution in [3.8, 4) is 11.5 Å². The Morgan fingerprint density at radius 2 is 1.79 bits per heavy atom. The summed E-state index contributed by atoms with van der Waals surface area (Å²) >= 11 is 0. The lowest BCUT2D eigenvalue weighted by Gasteiger charge is -2.35. The average Bonchev–Trinajstić information content (AvgIpc) is 2.62. The fourth-order valence-electron chi connectivity index (χ4n) is 2.99. The maximum atomic E-state index is 5.48. The molecule has 2 aromatic rings. The van der Waals surface area contributed by atoms with Crippen LogP contribution < -0.4 is 14.4 Å². The lowest BCUT2D eigenvalue weighted by atomic mass is 10.1. The molecule has 1 fully saturated rings. The third-order valence-electron chi connectivity index (χ3n) is 4.37. The number of benzene rings is 1. The van der Waals surface area contributed by atoms with Crippen molar-refractivity contribution in [2.75, 3.05) is 45.3 Å². The quantitative estimate of drug-likeness (QED) is 0.838. The minimum Gasteiger partial charge on any atom is -0.497 e. The van der Waals surface area contributed by atoms with Crippen molar-refractivity contribution in [1.29, 1.82) is 0 Å². The van der Waals surface area contributed by atoms with E-state index < -0.39 is 0 Å². The second-order valence-corrected chi connectivity index (χ2v) is 5.96. The van der Waals surface area contributed by atoms with Crippen molar-refractivity contribution >= 4 is 5.82 Å². The highest BCUT2D eigenvalue weighted by Crippen LogP contribution is 2.26. The van der Waals surface area contributed by atoms with Gasteiger partial charge in [0.15, 0.2) is 0 Å². The van der Waals surface area contributed by atoms with E-state index in [1.165, 1.54) is 0 Å². The van der Waals surface area contributed by atoms with Gasteiger partial charge in [-0.05, 0) is 25.1 Å². The number of rotatable bonds is 5. The number of aromatic nitrogens is 2. The topological polar surface area (TPSA) is 50.7 Å². The fourth-order valence-corrected chi connectivity index (χ4v) is 2.99. The number of piperazine rings is 1. The molecule has 128 valence electrons. The van der Waals surface area contributed by atoms with Crippen LogP contribution in [0, 0.1) is 6.92 Å². The van der Waals surface area contributed by atoms with Gasteiger partial charge in [0.25, 0.3) is 0 Å². The molecule has 0 unspecified atom stereocenters. The first-order valence-corrected chi connectivity index (χ1v) is 8.16. The van der Waals surface area contributed by atoms with E-state index in [1.54, 1.807) is 20.5 Å². The van der Waals surface area contributed by atoms with Gasteiger partial charge in [0.2, 0.25) is 0 Å². The summed E-state index contributed by atoms with van der Waals surface area (Å²) in [7, 11) is 3.40. The van der Waals surface area contributed by atoms with Crippen LogP contribution in [-0.4, -0.2) is 55.3 Å². The average molecular weight is 328 g/mol. The number of aryl methyl sites for hydroxylation is 1. The summed E-state index contributed by atoms with van der Waals surface area (Å²) in [4.78, 5) is 13.3. The highest BCUT2D eigenvalue weighted by molar-refractivity contribution is 5.41. The first-order chi connectivity index (χ1) is 11.7. The van der Waals surface area contributed by atoms with E-state index >= 15 is 0 Å². The molecular weight excluding hydrogens is 304 g/mol. The van der Waals surface area contributed by atoms with E-state index in [9.17, 15) is 0 Å². The molecule has 1 aromatic carbocycles. The van der Waals surface area contributed by atoms with Gasteiger partial charge in [-0.25, -0.2) is 9.97 Å².